The highest BCUT2D eigenvalue weighted by Crippen LogP contribution is 2.25. The van der Waals surface area contributed by atoms with E-state index in [0.29, 0.717) is 11.8 Å². The number of nitrogens with zero attached hydrogens (tertiary/aromatic N) is 4. The fraction of sp³-hybridized carbons (Fsp3) is 0.500. The van der Waals surface area contributed by atoms with Crippen LogP contribution in [0.1, 0.15) is 24.0 Å². The van der Waals surface area contributed by atoms with Crippen LogP contribution in [0.4, 0.5) is 0 Å². The van der Waals surface area contributed by atoms with Crippen LogP contribution in [0, 0.1) is 13.8 Å². The number of amides is 1. The van der Waals surface area contributed by atoms with Gasteiger partial charge in [-0.3, -0.25) is 9.36 Å². The maximum absolute atomic E-state index is 12.7. The zero-order chi connectivity index (χ0) is 18.7. The van der Waals surface area contributed by atoms with Crippen molar-refractivity contribution in [2.75, 3.05) is 32.9 Å². The molecule has 2 aromatic rings. The number of rotatable bonds is 5. The molecule has 0 radical (unpaired) electrons. The number of piperidine rings is 1. The molecule has 0 N–H and O–H groups in total. The van der Waals surface area contributed by atoms with Gasteiger partial charge in [0.2, 0.25) is 5.91 Å². The molecule has 26 heavy (non-hydrogen) atoms. The van der Waals surface area contributed by atoms with Crippen molar-refractivity contribution in [2.45, 2.75) is 37.9 Å². The first-order valence-corrected chi connectivity index (χ1v) is 10.1. The average Bonchev–Trinajstić information content (AvgIpc) is 3.10. The lowest BCUT2D eigenvalue weighted by Crippen LogP contribution is -2.48. The maximum atomic E-state index is 12.7. The van der Waals surface area contributed by atoms with Crippen molar-refractivity contribution < 1.29 is 4.79 Å². The van der Waals surface area contributed by atoms with Crippen LogP contribution in [-0.4, -0.2) is 64.2 Å². The summed E-state index contributed by atoms with van der Waals surface area (Å²) in [7, 11) is 4.18. The molecule has 1 aliphatic rings. The molecular weight excluding hydrogens is 344 g/mol. The smallest absolute Gasteiger partial charge is 0.233 e. The molecule has 5 nitrogen and oxygen atoms in total. The SMILES string of the molecule is Cc1cccc(-n2ccnc2SCC(=O)N2CCCC(N(C)C)C2)c1C. The molecule has 6 heteroatoms. The number of benzene rings is 1. The van der Waals surface area contributed by atoms with Crippen molar-refractivity contribution >= 4 is 17.7 Å². The zero-order valence-electron chi connectivity index (χ0n) is 16.1. The molecule has 0 aliphatic carbocycles. The molecule has 1 atom stereocenters. The summed E-state index contributed by atoms with van der Waals surface area (Å²) in [4.78, 5) is 21.4. The minimum Gasteiger partial charge on any atom is -0.340 e. The molecule has 0 bridgehead atoms. The van der Waals surface area contributed by atoms with Gasteiger partial charge < -0.3 is 9.80 Å². The molecule has 0 spiro atoms. The fourth-order valence-electron chi connectivity index (χ4n) is 3.40. The normalized spacial score (nSPS) is 17.7. The molecule has 1 fully saturated rings. The van der Waals surface area contributed by atoms with Gasteiger partial charge >= 0.3 is 0 Å². The van der Waals surface area contributed by atoms with Crippen LogP contribution in [0.3, 0.4) is 0 Å². The largest absolute Gasteiger partial charge is 0.340 e. The van der Waals surface area contributed by atoms with E-state index in [0.717, 1.165) is 30.4 Å². The van der Waals surface area contributed by atoms with Crippen LogP contribution in [0.5, 0.6) is 0 Å². The lowest BCUT2D eigenvalue weighted by Gasteiger charge is -2.36. The van der Waals surface area contributed by atoms with Gasteiger partial charge in [0, 0.05) is 31.5 Å². The Bertz CT molecular complexity index is 771. The second-order valence-corrected chi connectivity index (χ2v) is 8.13. The predicted octanol–water partition coefficient (Wildman–Crippen LogP) is 3.13. The van der Waals surface area contributed by atoms with Gasteiger partial charge in [-0.25, -0.2) is 4.98 Å². The Hall–Kier alpha value is -1.79. The number of carbonyl (C=O) groups is 1. The monoisotopic (exact) mass is 372 g/mol. The van der Waals surface area contributed by atoms with E-state index in [1.54, 1.807) is 6.20 Å². The third-order valence-corrected chi connectivity index (χ3v) is 6.20. The molecule has 1 saturated heterocycles. The molecule has 140 valence electrons. The Morgan fingerprint density at radius 3 is 2.92 bits per heavy atom. The first-order chi connectivity index (χ1) is 12.5. The lowest BCUT2D eigenvalue weighted by atomic mass is 10.1. The molecule has 2 heterocycles. The number of aryl methyl sites for hydroxylation is 1. The van der Waals surface area contributed by atoms with E-state index in [1.807, 2.05) is 11.1 Å². The van der Waals surface area contributed by atoms with Crippen molar-refractivity contribution in [2.24, 2.45) is 0 Å². The van der Waals surface area contributed by atoms with Gasteiger partial charge in [0.1, 0.15) is 0 Å². The van der Waals surface area contributed by atoms with Crippen LogP contribution in [0.25, 0.3) is 5.69 Å². The minimum absolute atomic E-state index is 0.206. The molecule has 3 rings (SSSR count). The third-order valence-electron chi connectivity index (χ3n) is 5.25. The van der Waals surface area contributed by atoms with Gasteiger partial charge in [-0.05, 0) is 58.0 Å². The summed E-state index contributed by atoms with van der Waals surface area (Å²) in [5.41, 5.74) is 3.62. The van der Waals surface area contributed by atoms with Crippen LogP contribution in [0.2, 0.25) is 0 Å². The summed E-state index contributed by atoms with van der Waals surface area (Å²) < 4.78 is 2.08. The number of carbonyl (C=O) groups excluding carboxylic acids is 1. The number of likely N-dealkylation sites (tertiary alicyclic amines) is 1. The van der Waals surface area contributed by atoms with Gasteiger partial charge in [-0.1, -0.05) is 23.9 Å². The summed E-state index contributed by atoms with van der Waals surface area (Å²) in [6.07, 6.45) is 6.02. The molecule has 1 aromatic heterocycles. The highest BCUT2D eigenvalue weighted by atomic mass is 32.2. The Morgan fingerprint density at radius 2 is 2.15 bits per heavy atom. The van der Waals surface area contributed by atoms with Crippen molar-refractivity contribution in [3.63, 3.8) is 0 Å². The molecule has 1 aliphatic heterocycles. The summed E-state index contributed by atoms with van der Waals surface area (Å²) in [6, 6.07) is 6.74. The Balaban J connectivity index is 1.67. The van der Waals surface area contributed by atoms with Gasteiger partial charge in [0.25, 0.3) is 0 Å². The fourth-order valence-corrected chi connectivity index (χ4v) is 4.27. The summed E-state index contributed by atoms with van der Waals surface area (Å²) in [5.74, 6) is 0.638. The van der Waals surface area contributed by atoms with Crippen molar-refractivity contribution in [1.82, 2.24) is 19.4 Å². The third kappa shape index (κ3) is 4.13. The second kappa shape index (κ2) is 8.27. The average molecular weight is 373 g/mol. The molecule has 1 unspecified atom stereocenters. The summed E-state index contributed by atoms with van der Waals surface area (Å²) >= 11 is 1.52. The van der Waals surface area contributed by atoms with Crippen LogP contribution >= 0.6 is 11.8 Å². The van der Waals surface area contributed by atoms with Gasteiger partial charge in [-0.2, -0.15) is 0 Å². The number of thioether (sulfide) groups is 1. The van der Waals surface area contributed by atoms with E-state index in [2.05, 4.69) is 60.6 Å². The highest BCUT2D eigenvalue weighted by Gasteiger charge is 2.25. The quantitative estimate of drug-likeness (QED) is 0.756. The van der Waals surface area contributed by atoms with Crippen LogP contribution < -0.4 is 0 Å². The van der Waals surface area contributed by atoms with Crippen molar-refractivity contribution in [3.8, 4) is 5.69 Å². The number of aromatic nitrogens is 2. The Morgan fingerprint density at radius 1 is 1.35 bits per heavy atom. The number of hydrogen-bond donors (Lipinski definition) is 0. The van der Waals surface area contributed by atoms with Crippen LogP contribution in [-0.2, 0) is 4.79 Å². The first-order valence-electron chi connectivity index (χ1n) is 9.14. The Kier molecular flexibility index (Phi) is 6.04. The topological polar surface area (TPSA) is 41.4 Å². The van der Waals surface area contributed by atoms with E-state index in [1.165, 1.54) is 29.3 Å². The first kappa shape index (κ1) is 19.0. The number of imidazole rings is 1. The van der Waals surface area contributed by atoms with Gasteiger partial charge in [-0.15, -0.1) is 0 Å². The Labute approximate surface area is 160 Å². The van der Waals surface area contributed by atoms with E-state index in [9.17, 15) is 4.79 Å². The molecule has 0 saturated carbocycles. The molecular formula is C20H28N4OS. The second-order valence-electron chi connectivity index (χ2n) is 7.19. The van der Waals surface area contributed by atoms with E-state index in [4.69, 9.17) is 0 Å². The van der Waals surface area contributed by atoms with Crippen molar-refractivity contribution in [3.05, 3.63) is 41.7 Å². The van der Waals surface area contributed by atoms with Crippen LogP contribution in [0.15, 0.2) is 35.7 Å². The zero-order valence-corrected chi connectivity index (χ0v) is 16.9. The van der Waals surface area contributed by atoms with E-state index < -0.39 is 0 Å². The number of likely N-dealkylation sites (N-methyl/N-ethyl adjacent to an activating group) is 1. The van der Waals surface area contributed by atoms with Gasteiger partial charge in [0.15, 0.2) is 5.16 Å². The standard InChI is InChI=1S/C20H28N4OS/c1-15-7-5-9-18(16(15)2)24-12-10-21-20(24)26-14-19(25)23-11-6-8-17(13-23)22(3)4/h5,7,9-10,12,17H,6,8,11,13-14H2,1-4H3. The summed E-state index contributed by atoms with van der Waals surface area (Å²) in [5, 5.41) is 0.869. The van der Waals surface area contributed by atoms with E-state index >= 15 is 0 Å². The maximum Gasteiger partial charge on any atom is 0.233 e. The molecule has 1 amide bonds. The minimum atomic E-state index is 0.206. The summed E-state index contributed by atoms with van der Waals surface area (Å²) in [6.45, 7) is 5.94. The molecule has 1 aromatic carbocycles. The van der Waals surface area contributed by atoms with E-state index in [-0.39, 0.29) is 5.91 Å². The number of hydrogen-bond acceptors (Lipinski definition) is 4. The lowest BCUT2D eigenvalue weighted by molar-refractivity contribution is -0.130. The van der Waals surface area contributed by atoms with Crippen molar-refractivity contribution in [1.29, 1.82) is 0 Å². The van der Waals surface area contributed by atoms with Gasteiger partial charge in [0.05, 0.1) is 11.4 Å². The predicted molar refractivity (Wildman–Crippen MR) is 107 cm³/mol. The highest BCUT2D eigenvalue weighted by molar-refractivity contribution is 7.99.